The zero-order valence-electron chi connectivity index (χ0n) is 10.9. The van der Waals surface area contributed by atoms with Crippen LogP contribution in [0.5, 0.6) is 5.75 Å². The number of nitrogens with zero attached hydrogens (tertiary/aromatic N) is 2. The number of phenols is 1. The first kappa shape index (κ1) is 16.8. The predicted octanol–water partition coefficient (Wildman–Crippen LogP) is 3.25. The van der Waals surface area contributed by atoms with Gasteiger partial charge in [0.1, 0.15) is 0 Å². The molecule has 1 aromatic rings. The van der Waals surface area contributed by atoms with E-state index >= 15 is 0 Å². The second-order valence-corrected chi connectivity index (χ2v) is 4.75. The minimum Gasteiger partial charge on any atom is -0.502 e. The van der Waals surface area contributed by atoms with E-state index in [9.17, 15) is 25.3 Å². The smallest absolute Gasteiger partial charge is 0.317 e. The predicted molar refractivity (Wildman–Crippen MR) is 67.2 cm³/mol. The average Bonchev–Trinajstić information content (AvgIpc) is 2.39. The van der Waals surface area contributed by atoms with E-state index in [4.69, 9.17) is 0 Å². The molecule has 0 aromatic heterocycles. The van der Waals surface area contributed by atoms with E-state index in [1.165, 1.54) is 6.07 Å². The Hall–Kier alpha value is -1.24. The average molecular weight is 467 g/mol. The Morgan fingerprint density at radius 1 is 1.05 bits per heavy atom. The van der Waals surface area contributed by atoms with E-state index in [1.54, 1.807) is 0 Å². The Bertz CT molecular complexity index is 529. The minimum absolute atomic E-state index is 0. The van der Waals surface area contributed by atoms with Crippen molar-refractivity contribution >= 4 is 11.4 Å². The van der Waals surface area contributed by atoms with E-state index < -0.39 is 21.3 Å². The van der Waals surface area contributed by atoms with Crippen LogP contribution in [-0.4, -0.2) is 15.0 Å². The molecular formula is C12H14HgN2O5. The number of rotatable bonds is 3. The molecule has 0 atom stereocenters. The van der Waals surface area contributed by atoms with Crippen molar-refractivity contribution in [1.29, 1.82) is 0 Å². The Labute approximate surface area is 135 Å². The molecule has 2 rings (SSSR count). The molecule has 1 N–H and O–H groups in total. The monoisotopic (exact) mass is 468 g/mol. The van der Waals surface area contributed by atoms with Gasteiger partial charge < -0.3 is 5.11 Å². The summed E-state index contributed by atoms with van der Waals surface area (Å²) in [5.41, 5.74) is -0.597. The summed E-state index contributed by atoms with van der Waals surface area (Å²) in [6, 6.07) is 2.07. The molecule has 8 heteroatoms. The fourth-order valence-electron chi connectivity index (χ4n) is 2.60. The van der Waals surface area contributed by atoms with E-state index in [-0.39, 0.29) is 39.3 Å². The first-order valence-electron chi connectivity index (χ1n) is 6.16. The Morgan fingerprint density at radius 2 is 1.65 bits per heavy atom. The molecule has 104 valence electrons. The molecule has 20 heavy (non-hydrogen) atoms. The van der Waals surface area contributed by atoms with Crippen molar-refractivity contribution in [2.75, 3.05) is 0 Å². The van der Waals surface area contributed by atoms with E-state index in [2.05, 4.69) is 0 Å². The topological polar surface area (TPSA) is 107 Å². The largest absolute Gasteiger partial charge is 0.502 e. The van der Waals surface area contributed by atoms with Gasteiger partial charge in [-0.05, 0) is 18.8 Å². The second kappa shape index (κ2) is 6.96. The molecular weight excluding hydrogens is 453 g/mol. The van der Waals surface area contributed by atoms with E-state index in [0.717, 1.165) is 38.2 Å². The molecule has 0 amide bonds. The van der Waals surface area contributed by atoms with Crippen molar-refractivity contribution < 1.29 is 42.6 Å². The van der Waals surface area contributed by atoms with Gasteiger partial charge in [0.25, 0.3) is 5.69 Å². The molecule has 0 bridgehead atoms. The summed E-state index contributed by atoms with van der Waals surface area (Å²) >= 11 is 0. The fourth-order valence-corrected chi connectivity index (χ4v) is 2.60. The van der Waals surface area contributed by atoms with Crippen LogP contribution in [0.3, 0.4) is 0 Å². The summed E-state index contributed by atoms with van der Waals surface area (Å²) in [7, 11) is 0. The number of aromatic hydroxyl groups is 1. The summed E-state index contributed by atoms with van der Waals surface area (Å²) in [5, 5.41) is 31.6. The molecule has 1 fully saturated rings. The van der Waals surface area contributed by atoms with Crippen LogP contribution in [0.1, 0.15) is 43.6 Å². The van der Waals surface area contributed by atoms with Gasteiger partial charge in [0, 0.05) is 39.3 Å². The van der Waals surface area contributed by atoms with Crippen molar-refractivity contribution in [3.8, 4) is 5.75 Å². The van der Waals surface area contributed by atoms with Gasteiger partial charge >= 0.3 is 5.69 Å². The normalized spacial score (nSPS) is 15.4. The first-order valence-corrected chi connectivity index (χ1v) is 6.16. The summed E-state index contributed by atoms with van der Waals surface area (Å²) in [6.45, 7) is 0. The summed E-state index contributed by atoms with van der Waals surface area (Å²) in [5.74, 6) is -0.463. The van der Waals surface area contributed by atoms with Gasteiger partial charge in [-0.1, -0.05) is 19.3 Å². The van der Waals surface area contributed by atoms with Crippen LogP contribution in [-0.2, 0) is 27.7 Å². The Morgan fingerprint density at radius 3 is 2.15 bits per heavy atom. The number of phenolic OH excluding ortho intramolecular Hbond substituents is 1. The van der Waals surface area contributed by atoms with Gasteiger partial charge in [0.05, 0.1) is 15.9 Å². The molecule has 1 aliphatic rings. The van der Waals surface area contributed by atoms with Gasteiger partial charge in [0.15, 0.2) is 5.75 Å². The van der Waals surface area contributed by atoms with Crippen LogP contribution in [0, 0.1) is 20.2 Å². The molecule has 0 spiro atoms. The Kier molecular flexibility index (Phi) is 5.85. The Balaban J connectivity index is 0.00000200. The zero-order valence-corrected chi connectivity index (χ0v) is 16.4. The van der Waals surface area contributed by atoms with E-state index in [1.807, 2.05) is 0 Å². The molecule has 1 aromatic carbocycles. The molecule has 7 nitrogen and oxygen atoms in total. The molecule has 0 heterocycles. The van der Waals surface area contributed by atoms with Gasteiger partial charge in [-0.15, -0.1) is 0 Å². The number of nitro benzene ring substituents is 2. The SMILES string of the molecule is O=[N+]([O-])c1cc(C2CCCCC2)c(O)c([N+](=O)[O-])c1.[Hg]. The number of hydrogen-bond donors (Lipinski definition) is 1. The summed E-state index contributed by atoms with van der Waals surface area (Å²) in [4.78, 5) is 20.2. The van der Waals surface area contributed by atoms with Crippen molar-refractivity contribution in [3.63, 3.8) is 0 Å². The number of nitro groups is 2. The van der Waals surface area contributed by atoms with Crippen molar-refractivity contribution in [3.05, 3.63) is 37.9 Å². The van der Waals surface area contributed by atoms with Crippen molar-refractivity contribution in [1.82, 2.24) is 0 Å². The molecule has 0 aliphatic heterocycles. The third-order valence-electron chi connectivity index (χ3n) is 3.56. The third kappa shape index (κ3) is 3.44. The van der Waals surface area contributed by atoms with Crippen LogP contribution in [0.4, 0.5) is 11.4 Å². The summed E-state index contributed by atoms with van der Waals surface area (Å²) in [6.07, 6.45) is 4.63. The number of benzene rings is 1. The van der Waals surface area contributed by atoms with Crippen molar-refractivity contribution in [2.45, 2.75) is 38.0 Å². The third-order valence-corrected chi connectivity index (χ3v) is 3.56. The first-order chi connectivity index (χ1) is 9.00. The van der Waals surface area contributed by atoms with Gasteiger partial charge in [0.2, 0.25) is 0 Å². The minimum atomic E-state index is -0.783. The van der Waals surface area contributed by atoms with Gasteiger partial charge in [-0.2, -0.15) is 0 Å². The molecule has 1 saturated carbocycles. The van der Waals surface area contributed by atoms with Crippen LogP contribution in [0.2, 0.25) is 0 Å². The maximum atomic E-state index is 10.9. The maximum absolute atomic E-state index is 10.9. The molecule has 0 radical (unpaired) electrons. The quantitative estimate of drug-likeness (QED) is 0.418. The van der Waals surface area contributed by atoms with Crippen LogP contribution in [0.25, 0.3) is 0 Å². The molecule has 0 unspecified atom stereocenters. The number of hydrogen-bond acceptors (Lipinski definition) is 5. The fraction of sp³-hybridized carbons (Fsp3) is 0.500. The standard InChI is InChI=1S/C12H14N2O5.Hg/c15-12-10(8-4-2-1-3-5-8)6-9(13(16)17)7-11(12)14(18)19;/h6-8,15H,1-5H2;. The maximum Gasteiger partial charge on any atom is 0.317 e. The summed E-state index contributed by atoms with van der Waals surface area (Å²) < 4.78 is 0. The van der Waals surface area contributed by atoms with Crippen LogP contribution < -0.4 is 0 Å². The van der Waals surface area contributed by atoms with Crippen molar-refractivity contribution in [2.24, 2.45) is 0 Å². The van der Waals surface area contributed by atoms with E-state index in [0.29, 0.717) is 5.56 Å². The zero-order chi connectivity index (χ0) is 14.0. The molecule has 0 saturated heterocycles. The number of non-ortho nitro benzene ring substituents is 1. The van der Waals surface area contributed by atoms with Crippen LogP contribution >= 0.6 is 0 Å². The van der Waals surface area contributed by atoms with Gasteiger partial charge in [-0.3, -0.25) is 20.2 Å². The van der Waals surface area contributed by atoms with Crippen LogP contribution in [0.15, 0.2) is 12.1 Å². The molecule has 1 aliphatic carbocycles. The van der Waals surface area contributed by atoms with Gasteiger partial charge in [-0.25, -0.2) is 0 Å². The second-order valence-electron chi connectivity index (χ2n) is 4.75.